The number of hydrogen-bond acceptors (Lipinski definition) is 6. The van der Waals surface area contributed by atoms with Crippen LogP contribution in [0.4, 0.5) is 0 Å². The van der Waals surface area contributed by atoms with Gasteiger partial charge in [0.25, 0.3) is 0 Å². The summed E-state index contributed by atoms with van der Waals surface area (Å²) in [5.41, 5.74) is -2.25. The van der Waals surface area contributed by atoms with Crippen molar-refractivity contribution in [3.8, 4) is 0 Å². The number of rotatable bonds is 4. The first kappa shape index (κ1) is 17.4. The third-order valence-corrected chi connectivity index (χ3v) is 3.06. The molecule has 0 fully saturated rings. The van der Waals surface area contributed by atoms with Crippen LogP contribution in [0.25, 0.3) is 0 Å². The molecule has 0 aliphatic carbocycles. The van der Waals surface area contributed by atoms with Crippen LogP contribution in [0.5, 0.6) is 0 Å². The highest BCUT2D eigenvalue weighted by Gasteiger charge is 2.51. The molecule has 1 atom stereocenters. The standard InChI is InChI=1S/C14H19ClN2O4/c1-6-14(10(18)20-5,11(19)21-13(2,3)4)9-7-8-16-12(15)17-9/h7-8H,6H2,1-5H3. The van der Waals surface area contributed by atoms with E-state index in [1.54, 1.807) is 27.7 Å². The maximum Gasteiger partial charge on any atom is 0.330 e. The summed E-state index contributed by atoms with van der Waals surface area (Å²) in [5, 5.41) is -0.0576. The smallest absolute Gasteiger partial charge is 0.330 e. The Bertz CT molecular complexity index is 542. The van der Waals surface area contributed by atoms with Gasteiger partial charge in [0.2, 0.25) is 10.7 Å². The van der Waals surface area contributed by atoms with E-state index in [4.69, 9.17) is 21.1 Å². The van der Waals surface area contributed by atoms with E-state index in [1.165, 1.54) is 19.4 Å². The second-order valence-corrected chi connectivity index (χ2v) is 5.80. The molecular weight excluding hydrogens is 296 g/mol. The van der Waals surface area contributed by atoms with Crippen LogP contribution >= 0.6 is 11.6 Å². The molecule has 0 aliphatic rings. The largest absolute Gasteiger partial charge is 0.468 e. The minimum Gasteiger partial charge on any atom is -0.468 e. The second-order valence-electron chi connectivity index (χ2n) is 5.46. The highest BCUT2D eigenvalue weighted by atomic mass is 35.5. The molecule has 1 unspecified atom stereocenters. The van der Waals surface area contributed by atoms with Crippen LogP contribution in [0.2, 0.25) is 5.28 Å². The van der Waals surface area contributed by atoms with Gasteiger partial charge < -0.3 is 9.47 Å². The molecule has 1 aromatic rings. The molecule has 21 heavy (non-hydrogen) atoms. The summed E-state index contributed by atoms with van der Waals surface area (Å²) in [6.45, 7) is 6.83. The SMILES string of the molecule is CCC(C(=O)OC)(C(=O)OC(C)(C)C)c1ccnc(Cl)n1. The molecule has 1 heterocycles. The van der Waals surface area contributed by atoms with Gasteiger partial charge in [0.1, 0.15) is 5.60 Å². The van der Waals surface area contributed by atoms with Crippen LogP contribution in [-0.2, 0) is 24.5 Å². The van der Waals surface area contributed by atoms with Crippen molar-refractivity contribution in [2.45, 2.75) is 45.1 Å². The number of esters is 2. The average molecular weight is 315 g/mol. The number of ether oxygens (including phenoxy) is 2. The van der Waals surface area contributed by atoms with E-state index in [9.17, 15) is 9.59 Å². The van der Waals surface area contributed by atoms with Gasteiger partial charge in [-0.25, -0.2) is 9.97 Å². The molecule has 0 aliphatic heterocycles. The van der Waals surface area contributed by atoms with E-state index in [-0.39, 0.29) is 17.4 Å². The molecule has 0 N–H and O–H groups in total. The summed E-state index contributed by atoms with van der Waals surface area (Å²) < 4.78 is 10.2. The lowest BCUT2D eigenvalue weighted by Crippen LogP contribution is -2.48. The minimum absolute atomic E-state index is 0.0576. The summed E-state index contributed by atoms with van der Waals surface area (Å²) in [7, 11) is 1.21. The molecule has 0 amide bonds. The zero-order valence-corrected chi connectivity index (χ0v) is 13.5. The molecule has 0 bridgehead atoms. The summed E-state index contributed by atoms with van der Waals surface area (Å²) in [4.78, 5) is 32.6. The highest BCUT2D eigenvalue weighted by molar-refractivity contribution is 6.28. The van der Waals surface area contributed by atoms with E-state index >= 15 is 0 Å². The van der Waals surface area contributed by atoms with Crippen LogP contribution in [0.1, 0.15) is 39.8 Å². The molecule has 0 saturated carbocycles. The zero-order chi connectivity index (χ0) is 16.3. The highest BCUT2D eigenvalue weighted by Crippen LogP contribution is 2.32. The first-order chi connectivity index (χ1) is 9.67. The van der Waals surface area contributed by atoms with E-state index in [0.29, 0.717) is 0 Å². The number of nitrogens with zero attached hydrogens (tertiary/aromatic N) is 2. The van der Waals surface area contributed by atoms with Crippen LogP contribution in [0.3, 0.4) is 0 Å². The van der Waals surface area contributed by atoms with Gasteiger partial charge in [-0.05, 0) is 44.9 Å². The Balaban J connectivity index is 3.42. The molecule has 116 valence electrons. The van der Waals surface area contributed by atoms with E-state index in [1.807, 2.05) is 0 Å². The van der Waals surface area contributed by atoms with Gasteiger partial charge in [0, 0.05) is 6.20 Å². The summed E-state index contributed by atoms with van der Waals surface area (Å²) >= 11 is 5.77. The molecular formula is C14H19ClN2O4. The number of hydrogen-bond donors (Lipinski definition) is 0. The van der Waals surface area contributed by atoms with Crippen LogP contribution in [0.15, 0.2) is 12.3 Å². The lowest BCUT2D eigenvalue weighted by Gasteiger charge is -2.30. The predicted octanol–water partition coefficient (Wildman–Crippen LogP) is 2.29. The fraction of sp³-hybridized carbons (Fsp3) is 0.571. The van der Waals surface area contributed by atoms with Crippen molar-refractivity contribution in [1.29, 1.82) is 0 Å². The lowest BCUT2D eigenvalue weighted by molar-refractivity contribution is -0.171. The monoisotopic (exact) mass is 314 g/mol. The van der Waals surface area contributed by atoms with Crippen molar-refractivity contribution in [2.75, 3.05) is 7.11 Å². The van der Waals surface area contributed by atoms with E-state index in [0.717, 1.165) is 0 Å². The Morgan fingerprint density at radius 1 is 1.29 bits per heavy atom. The first-order valence-electron chi connectivity index (χ1n) is 6.48. The van der Waals surface area contributed by atoms with Crippen LogP contribution in [-0.4, -0.2) is 34.6 Å². The molecule has 6 nitrogen and oxygen atoms in total. The maximum absolute atomic E-state index is 12.6. The average Bonchev–Trinajstić information content (AvgIpc) is 2.38. The minimum atomic E-state index is -1.66. The molecule has 0 radical (unpaired) electrons. The van der Waals surface area contributed by atoms with Gasteiger partial charge in [-0.15, -0.1) is 0 Å². The number of aromatic nitrogens is 2. The van der Waals surface area contributed by atoms with Crippen LogP contribution < -0.4 is 0 Å². The molecule has 1 rings (SSSR count). The van der Waals surface area contributed by atoms with Gasteiger partial charge in [-0.1, -0.05) is 6.92 Å². The normalized spacial score (nSPS) is 14.2. The van der Waals surface area contributed by atoms with E-state index in [2.05, 4.69) is 9.97 Å². The topological polar surface area (TPSA) is 78.4 Å². The Hall–Kier alpha value is -1.69. The van der Waals surface area contributed by atoms with Gasteiger partial charge in [0.05, 0.1) is 12.8 Å². The number of carbonyl (C=O) groups excluding carboxylic acids is 2. The molecule has 0 spiro atoms. The number of methoxy groups -OCH3 is 1. The van der Waals surface area contributed by atoms with E-state index < -0.39 is 23.0 Å². The van der Waals surface area contributed by atoms with Gasteiger partial charge >= 0.3 is 11.9 Å². The first-order valence-corrected chi connectivity index (χ1v) is 6.86. The Morgan fingerprint density at radius 2 is 1.90 bits per heavy atom. The third-order valence-electron chi connectivity index (χ3n) is 2.87. The fourth-order valence-corrected chi connectivity index (χ4v) is 2.02. The van der Waals surface area contributed by atoms with Gasteiger partial charge in [-0.2, -0.15) is 0 Å². The van der Waals surface area contributed by atoms with Crippen molar-refractivity contribution >= 4 is 23.5 Å². The maximum atomic E-state index is 12.6. The lowest BCUT2D eigenvalue weighted by atomic mass is 9.81. The zero-order valence-electron chi connectivity index (χ0n) is 12.8. The Labute approximate surface area is 128 Å². The van der Waals surface area contributed by atoms with Crippen molar-refractivity contribution in [2.24, 2.45) is 0 Å². The quantitative estimate of drug-likeness (QED) is 0.482. The molecule has 0 saturated heterocycles. The third kappa shape index (κ3) is 3.69. The number of halogens is 1. The molecule has 7 heteroatoms. The Morgan fingerprint density at radius 3 is 2.33 bits per heavy atom. The number of carbonyl (C=O) groups is 2. The van der Waals surface area contributed by atoms with Gasteiger partial charge in [-0.3, -0.25) is 9.59 Å². The Kier molecular flexibility index (Phi) is 5.28. The van der Waals surface area contributed by atoms with Crippen molar-refractivity contribution in [1.82, 2.24) is 9.97 Å². The summed E-state index contributed by atoms with van der Waals surface area (Å²) in [5.74, 6) is -1.46. The van der Waals surface area contributed by atoms with Crippen molar-refractivity contribution < 1.29 is 19.1 Å². The fourth-order valence-electron chi connectivity index (χ4n) is 1.87. The van der Waals surface area contributed by atoms with Crippen molar-refractivity contribution in [3.05, 3.63) is 23.2 Å². The van der Waals surface area contributed by atoms with Crippen molar-refractivity contribution in [3.63, 3.8) is 0 Å². The van der Waals surface area contributed by atoms with Crippen LogP contribution in [0, 0.1) is 0 Å². The second kappa shape index (κ2) is 6.39. The molecule has 0 aromatic carbocycles. The predicted molar refractivity (Wildman–Crippen MR) is 76.9 cm³/mol. The van der Waals surface area contributed by atoms with Gasteiger partial charge in [0.15, 0.2) is 0 Å². The molecule has 1 aromatic heterocycles. The summed E-state index contributed by atoms with van der Waals surface area (Å²) in [6.07, 6.45) is 1.50. The summed E-state index contributed by atoms with van der Waals surface area (Å²) in [6, 6.07) is 1.45.